The largest absolute Gasteiger partial charge is 0.375 e. The molecule has 1 fully saturated rings. The number of hydrogen-bond acceptors (Lipinski definition) is 5. The molecule has 2 aromatic rings. The molecule has 1 N–H and O–H groups in total. The standard InChI is InChI=1S/C16H26N6/c1-5-21(6-2)10-16(7-8-16)18-14-9-13(12(3)4)20-22-11-17-19-15(14)22/h9,11-12,18H,5-8,10H2,1-4H3. The summed E-state index contributed by atoms with van der Waals surface area (Å²) >= 11 is 0. The molecule has 0 bridgehead atoms. The quantitative estimate of drug-likeness (QED) is 0.851. The molecule has 6 heteroatoms. The number of nitrogens with zero attached hydrogens (tertiary/aromatic N) is 5. The topological polar surface area (TPSA) is 58.4 Å². The van der Waals surface area contributed by atoms with Crippen LogP contribution in [0.5, 0.6) is 0 Å². The molecule has 22 heavy (non-hydrogen) atoms. The summed E-state index contributed by atoms with van der Waals surface area (Å²) in [6.07, 6.45) is 4.10. The Balaban J connectivity index is 1.88. The summed E-state index contributed by atoms with van der Waals surface area (Å²) < 4.78 is 1.78. The van der Waals surface area contributed by atoms with E-state index in [1.165, 1.54) is 12.8 Å². The van der Waals surface area contributed by atoms with Gasteiger partial charge >= 0.3 is 0 Å². The van der Waals surface area contributed by atoms with Crippen LogP contribution in [0.1, 0.15) is 52.1 Å². The lowest BCUT2D eigenvalue weighted by Crippen LogP contribution is -2.38. The highest BCUT2D eigenvalue weighted by atomic mass is 15.4. The molecule has 1 aliphatic carbocycles. The number of nitrogens with one attached hydrogen (secondary N) is 1. The van der Waals surface area contributed by atoms with E-state index in [0.29, 0.717) is 5.92 Å². The summed E-state index contributed by atoms with van der Waals surface area (Å²) in [5.74, 6) is 0.380. The highest BCUT2D eigenvalue weighted by Gasteiger charge is 2.44. The van der Waals surface area contributed by atoms with Crippen molar-refractivity contribution in [2.24, 2.45) is 0 Å². The first kappa shape index (κ1) is 15.2. The molecular formula is C16H26N6. The molecule has 0 atom stereocenters. The van der Waals surface area contributed by atoms with E-state index in [9.17, 15) is 0 Å². The van der Waals surface area contributed by atoms with Crippen LogP contribution in [0.2, 0.25) is 0 Å². The monoisotopic (exact) mass is 302 g/mol. The van der Waals surface area contributed by atoms with E-state index >= 15 is 0 Å². The van der Waals surface area contributed by atoms with Gasteiger partial charge in [-0.15, -0.1) is 10.2 Å². The van der Waals surface area contributed by atoms with Crippen LogP contribution in [-0.4, -0.2) is 49.9 Å². The van der Waals surface area contributed by atoms with Crippen molar-refractivity contribution in [1.29, 1.82) is 0 Å². The third-order valence-electron chi connectivity index (χ3n) is 4.55. The SMILES string of the molecule is CCN(CC)CC1(Nc2cc(C(C)C)nn3cnnc23)CC1. The third-order valence-corrected chi connectivity index (χ3v) is 4.55. The highest BCUT2D eigenvalue weighted by Crippen LogP contribution is 2.40. The zero-order chi connectivity index (χ0) is 15.7. The Morgan fingerprint density at radius 3 is 2.64 bits per heavy atom. The van der Waals surface area contributed by atoms with Crippen LogP contribution in [0.25, 0.3) is 5.65 Å². The van der Waals surface area contributed by atoms with Crippen LogP contribution in [-0.2, 0) is 0 Å². The molecule has 0 radical (unpaired) electrons. The van der Waals surface area contributed by atoms with E-state index in [-0.39, 0.29) is 5.54 Å². The molecule has 2 aromatic heterocycles. The number of hydrogen-bond donors (Lipinski definition) is 1. The predicted molar refractivity (Wildman–Crippen MR) is 88.2 cm³/mol. The van der Waals surface area contributed by atoms with Gasteiger partial charge in [-0.2, -0.15) is 9.61 Å². The minimum Gasteiger partial charge on any atom is -0.375 e. The molecule has 0 spiro atoms. The fraction of sp³-hybridized carbons (Fsp3) is 0.688. The molecule has 0 unspecified atom stereocenters. The summed E-state index contributed by atoms with van der Waals surface area (Å²) in [5.41, 5.74) is 3.12. The van der Waals surface area contributed by atoms with Gasteiger partial charge in [0.25, 0.3) is 0 Å². The summed E-state index contributed by atoms with van der Waals surface area (Å²) in [5, 5.41) is 16.6. The van der Waals surface area contributed by atoms with Gasteiger partial charge in [0.2, 0.25) is 5.65 Å². The number of aromatic nitrogens is 4. The van der Waals surface area contributed by atoms with Crippen molar-refractivity contribution in [2.75, 3.05) is 25.0 Å². The average molecular weight is 302 g/mol. The van der Waals surface area contributed by atoms with Crippen molar-refractivity contribution in [3.63, 3.8) is 0 Å². The van der Waals surface area contributed by atoms with E-state index in [0.717, 1.165) is 36.7 Å². The van der Waals surface area contributed by atoms with Gasteiger partial charge in [-0.05, 0) is 37.9 Å². The molecule has 0 saturated heterocycles. The lowest BCUT2D eigenvalue weighted by Gasteiger charge is -2.27. The fourth-order valence-electron chi connectivity index (χ4n) is 2.85. The van der Waals surface area contributed by atoms with Gasteiger partial charge in [0, 0.05) is 6.54 Å². The highest BCUT2D eigenvalue weighted by molar-refractivity contribution is 5.68. The molecule has 3 rings (SSSR count). The van der Waals surface area contributed by atoms with E-state index in [4.69, 9.17) is 0 Å². The Bertz CT molecular complexity index is 639. The van der Waals surface area contributed by atoms with Gasteiger partial charge in [0.1, 0.15) is 6.33 Å². The molecular weight excluding hydrogens is 276 g/mol. The Labute approximate surface area is 131 Å². The van der Waals surface area contributed by atoms with Crippen LogP contribution in [0.3, 0.4) is 0 Å². The fourth-order valence-corrected chi connectivity index (χ4v) is 2.85. The van der Waals surface area contributed by atoms with Crippen molar-refractivity contribution in [1.82, 2.24) is 24.7 Å². The first-order valence-electron chi connectivity index (χ1n) is 8.28. The Kier molecular flexibility index (Phi) is 4.04. The van der Waals surface area contributed by atoms with Gasteiger partial charge < -0.3 is 10.2 Å². The van der Waals surface area contributed by atoms with Gasteiger partial charge in [0.15, 0.2) is 0 Å². The van der Waals surface area contributed by atoms with Gasteiger partial charge in [0.05, 0.1) is 16.9 Å². The molecule has 6 nitrogen and oxygen atoms in total. The first-order valence-corrected chi connectivity index (χ1v) is 8.28. The molecule has 0 amide bonds. The van der Waals surface area contributed by atoms with Gasteiger partial charge in [-0.25, -0.2) is 0 Å². The summed E-state index contributed by atoms with van der Waals surface area (Å²) in [6, 6.07) is 2.14. The minimum absolute atomic E-state index is 0.189. The molecule has 2 heterocycles. The van der Waals surface area contributed by atoms with E-state index in [2.05, 4.69) is 59.3 Å². The second-order valence-electron chi connectivity index (χ2n) is 6.60. The van der Waals surface area contributed by atoms with Crippen LogP contribution in [0.15, 0.2) is 12.4 Å². The second kappa shape index (κ2) is 5.83. The summed E-state index contributed by atoms with van der Waals surface area (Å²) in [4.78, 5) is 2.48. The third kappa shape index (κ3) is 2.92. The molecule has 1 aliphatic rings. The van der Waals surface area contributed by atoms with Crippen molar-refractivity contribution in [3.05, 3.63) is 18.1 Å². The summed E-state index contributed by atoms with van der Waals surface area (Å²) in [7, 11) is 0. The van der Waals surface area contributed by atoms with E-state index in [1.54, 1.807) is 10.8 Å². The molecule has 0 aromatic carbocycles. The molecule has 0 aliphatic heterocycles. The number of rotatable bonds is 7. The van der Waals surface area contributed by atoms with Crippen LogP contribution < -0.4 is 5.32 Å². The predicted octanol–water partition coefficient (Wildman–Crippen LogP) is 2.53. The van der Waals surface area contributed by atoms with Crippen LogP contribution in [0, 0.1) is 0 Å². The van der Waals surface area contributed by atoms with Crippen molar-refractivity contribution in [3.8, 4) is 0 Å². The second-order valence-corrected chi connectivity index (χ2v) is 6.60. The lowest BCUT2D eigenvalue weighted by atomic mass is 10.1. The maximum atomic E-state index is 4.58. The first-order chi connectivity index (χ1) is 10.6. The Hall–Kier alpha value is -1.69. The zero-order valence-corrected chi connectivity index (χ0v) is 14.0. The van der Waals surface area contributed by atoms with Crippen LogP contribution >= 0.6 is 0 Å². The number of likely N-dealkylation sites (N-methyl/N-ethyl adjacent to an activating group) is 1. The van der Waals surface area contributed by atoms with Gasteiger partial charge in [-0.3, -0.25) is 0 Å². The van der Waals surface area contributed by atoms with Gasteiger partial charge in [-0.1, -0.05) is 27.7 Å². The minimum atomic E-state index is 0.189. The Morgan fingerprint density at radius 1 is 1.32 bits per heavy atom. The van der Waals surface area contributed by atoms with Crippen LogP contribution in [0.4, 0.5) is 5.69 Å². The van der Waals surface area contributed by atoms with E-state index < -0.39 is 0 Å². The number of fused-ring (bicyclic) bond motifs is 1. The van der Waals surface area contributed by atoms with Crippen molar-refractivity contribution >= 4 is 11.3 Å². The number of anilines is 1. The normalized spacial score (nSPS) is 16.6. The zero-order valence-electron chi connectivity index (χ0n) is 14.0. The average Bonchev–Trinajstić information content (AvgIpc) is 3.08. The van der Waals surface area contributed by atoms with Crippen molar-refractivity contribution in [2.45, 2.75) is 52.0 Å². The lowest BCUT2D eigenvalue weighted by molar-refractivity contribution is 0.283. The molecule has 1 saturated carbocycles. The maximum Gasteiger partial charge on any atom is 0.200 e. The molecule has 120 valence electrons. The van der Waals surface area contributed by atoms with E-state index in [1.807, 2.05) is 0 Å². The Morgan fingerprint density at radius 2 is 2.05 bits per heavy atom. The summed E-state index contributed by atoms with van der Waals surface area (Å²) in [6.45, 7) is 12.0. The smallest absolute Gasteiger partial charge is 0.200 e. The van der Waals surface area contributed by atoms with Crippen molar-refractivity contribution < 1.29 is 0 Å². The maximum absolute atomic E-state index is 4.58.